The highest BCUT2D eigenvalue weighted by Gasteiger charge is 2.30. The molecule has 1 amide bonds. The molecule has 1 fully saturated rings. The van der Waals surface area contributed by atoms with Crippen LogP contribution in [-0.2, 0) is 16.0 Å². The molecule has 0 aromatic heterocycles. The molecule has 1 saturated heterocycles. The lowest BCUT2D eigenvalue weighted by Crippen LogP contribution is -2.53. The first-order valence-corrected chi connectivity index (χ1v) is 8.93. The van der Waals surface area contributed by atoms with Gasteiger partial charge in [0.15, 0.2) is 0 Å². The minimum absolute atomic E-state index is 0.147. The number of nitrogens with zero attached hydrogens (tertiary/aromatic N) is 1. The normalized spacial score (nSPS) is 19.3. The van der Waals surface area contributed by atoms with Crippen LogP contribution in [0.3, 0.4) is 0 Å². The zero-order valence-corrected chi connectivity index (χ0v) is 14.5. The van der Waals surface area contributed by atoms with Crippen LogP contribution >= 0.6 is 0 Å². The Kier molecular flexibility index (Phi) is 7.56. The lowest BCUT2D eigenvalue weighted by molar-refractivity contribution is -0.147. The maximum absolute atomic E-state index is 13.0. The van der Waals surface area contributed by atoms with E-state index in [9.17, 15) is 4.79 Å². The van der Waals surface area contributed by atoms with E-state index in [0.29, 0.717) is 13.2 Å². The summed E-state index contributed by atoms with van der Waals surface area (Å²) in [6.45, 7) is 7.20. The smallest absolute Gasteiger partial charge is 0.253 e. The van der Waals surface area contributed by atoms with Gasteiger partial charge in [0.05, 0.1) is 6.61 Å². The van der Waals surface area contributed by atoms with Crippen LogP contribution in [0.25, 0.3) is 0 Å². The van der Waals surface area contributed by atoms with Crippen molar-refractivity contribution in [3.05, 3.63) is 35.9 Å². The first-order chi connectivity index (χ1) is 11.3. The van der Waals surface area contributed by atoms with Crippen molar-refractivity contribution in [2.24, 2.45) is 0 Å². The molecule has 128 valence electrons. The molecule has 23 heavy (non-hydrogen) atoms. The summed E-state index contributed by atoms with van der Waals surface area (Å²) in [6.07, 6.45) is 3.67. The second kappa shape index (κ2) is 9.68. The summed E-state index contributed by atoms with van der Waals surface area (Å²) < 4.78 is 5.69. The molecule has 0 saturated carbocycles. The fourth-order valence-corrected chi connectivity index (χ4v) is 3.21. The fourth-order valence-electron chi connectivity index (χ4n) is 3.21. The summed E-state index contributed by atoms with van der Waals surface area (Å²) in [5, 5.41) is 3.26. The molecule has 0 aliphatic carbocycles. The second-order valence-corrected chi connectivity index (χ2v) is 6.23. The van der Waals surface area contributed by atoms with Crippen molar-refractivity contribution in [2.45, 2.75) is 51.7 Å². The number of carbonyl (C=O) groups is 1. The Labute approximate surface area is 140 Å². The van der Waals surface area contributed by atoms with Crippen LogP contribution in [0.15, 0.2) is 30.3 Å². The SMILES string of the molecule is CCCC(Cc1ccccc1)N(CCC)C(=O)C1CNCCO1. The van der Waals surface area contributed by atoms with Crippen LogP contribution in [0, 0.1) is 0 Å². The van der Waals surface area contributed by atoms with Gasteiger partial charge in [-0.25, -0.2) is 0 Å². The van der Waals surface area contributed by atoms with E-state index < -0.39 is 0 Å². The van der Waals surface area contributed by atoms with E-state index in [1.165, 1.54) is 5.56 Å². The van der Waals surface area contributed by atoms with Crippen molar-refractivity contribution in [1.29, 1.82) is 0 Å². The standard InChI is InChI=1S/C19H30N2O2/c1-3-8-17(14-16-9-6-5-7-10-16)21(12-4-2)19(22)18-15-20-11-13-23-18/h5-7,9-10,17-18,20H,3-4,8,11-15H2,1-2H3. The number of nitrogens with one attached hydrogen (secondary N) is 1. The van der Waals surface area contributed by atoms with E-state index in [-0.39, 0.29) is 18.1 Å². The topological polar surface area (TPSA) is 41.6 Å². The molecule has 1 N–H and O–H groups in total. The molecule has 2 rings (SSSR count). The number of hydrogen-bond acceptors (Lipinski definition) is 3. The average molecular weight is 318 g/mol. The summed E-state index contributed by atoms with van der Waals surface area (Å²) in [4.78, 5) is 15.0. The summed E-state index contributed by atoms with van der Waals surface area (Å²) in [7, 11) is 0. The summed E-state index contributed by atoms with van der Waals surface area (Å²) >= 11 is 0. The average Bonchev–Trinajstić information content (AvgIpc) is 2.60. The van der Waals surface area contributed by atoms with Gasteiger partial charge in [-0.05, 0) is 24.8 Å². The number of ether oxygens (including phenoxy) is 1. The Hall–Kier alpha value is -1.39. The van der Waals surface area contributed by atoms with E-state index in [1.54, 1.807) is 0 Å². The fraction of sp³-hybridized carbons (Fsp3) is 0.632. The molecule has 1 aromatic rings. The van der Waals surface area contributed by atoms with E-state index in [2.05, 4.69) is 48.3 Å². The molecule has 0 radical (unpaired) electrons. The van der Waals surface area contributed by atoms with Crippen molar-refractivity contribution in [2.75, 3.05) is 26.2 Å². The van der Waals surface area contributed by atoms with Crippen molar-refractivity contribution in [3.8, 4) is 0 Å². The highest BCUT2D eigenvalue weighted by Crippen LogP contribution is 2.17. The number of amides is 1. The maximum atomic E-state index is 13.0. The third-order valence-corrected chi connectivity index (χ3v) is 4.33. The van der Waals surface area contributed by atoms with Crippen molar-refractivity contribution in [3.63, 3.8) is 0 Å². The zero-order chi connectivity index (χ0) is 16.5. The summed E-state index contributed by atoms with van der Waals surface area (Å²) in [5.74, 6) is 0.147. The van der Waals surface area contributed by atoms with Crippen molar-refractivity contribution < 1.29 is 9.53 Å². The maximum Gasteiger partial charge on any atom is 0.253 e. The molecule has 1 aromatic carbocycles. The second-order valence-electron chi connectivity index (χ2n) is 6.23. The Bertz CT molecular complexity index is 458. The molecule has 2 atom stereocenters. The highest BCUT2D eigenvalue weighted by molar-refractivity contribution is 5.81. The predicted molar refractivity (Wildman–Crippen MR) is 93.5 cm³/mol. The van der Waals surface area contributed by atoms with Gasteiger partial charge in [-0.2, -0.15) is 0 Å². The van der Waals surface area contributed by atoms with Gasteiger partial charge in [0.1, 0.15) is 6.10 Å². The van der Waals surface area contributed by atoms with Crippen LogP contribution in [0.5, 0.6) is 0 Å². The zero-order valence-electron chi connectivity index (χ0n) is 14.5. The van der Waals surface area contributed by atoms with Crippen LogP contribution < -0.4 is 5.32 Å². The molecule has 2 unspecified atom stereocenters. The summed E-state index contributed by atoms with van der Waals surface area (Å²) in [5.41, 5.74) is 1.29. The van der Waals surface area contributed by atoms with Crippen LogP contribution in [0.2, 0.25) is 0 Å². The van der Waals surface area contributed by atoms with Gasteiger partial charge in [-0.3, -0.25) is 4.79 Å². The lowest BCUT2D eigenvalue weighted by atomic mass is 9.99. The molecule has 1 aliphatic rings. The van der Waals surface area contributed by atoms with Gasteiger partial charge in [0, 0.05) is 25.7 Å². The molecule has 0 bridgehead atoms. The lowest BCUT2D eigenvalue weighted by Gasteiger charge is -2.35. The number of benzene rings is 1. The largest absolute Gasteiger partial charge is 0.366 e. The molecule has 4 heteroatoms. The molecule has 1 heterocycles. The van der Waals surface area contributed by atoms with Gasteiger partial charge < -0.3 is 15.0 Å². The van der Waals surface area contributed by atoms with Crippen molar-refractivity contribution >= 4 is 5.91 Å². The first kappa shape index (κ1) is 18.0. The molecule has 1 aliphatic heterocycles. The van der Waals surface area contributed by atoms with Crippen LogP contribution in [0.4, 0.5) is 0 Å². The Morgan fingerprint density at radius 2 is 2.09 bits per heavy atom. The van der Waals surface area contributed by atoms with Gasteiger partial charge in [0.2, 0.25) is 0 Å². The van der Waals surface area contributed by atoms with Gasteiger partial charge in [-0.15, -0.1) is 0 Å². The third-order valence-electron chi connectivity index (χ3n) is 4.33. The third kappa shape index (κ3) is 5.33. The van der Waals surface area contributed by atoms with E-state index >= 15 is 0 Å². The minimum Gasteiger partial charge on any atom is -0.366 e. The predicted octanol–water partition coefficient (Wildman–Crippen LogP) is 2.62. The van der Waals surface area contributed by atoms with Gasteiger partial charge in [0.25, 0.3) is 5.91 Å². The number of rotatable bonds is 8. The molecular formula is C19H30N2O2. The Balaban J connectivity index is 2.11. The van der Waals surface area contributed by atoms with Gasteiger partial charge in [-0.1, -0.05) is 50.6 Å². The van der Waals surface area contributed by atoms with E-state index in [4.69, 9.17) is 4.74 Å². The van der Waals surface area contributed by atoms with E-state index in [1.807, 2.05) is 6.07 Å². The minimum atomic E-state index is -0.328. The highest BCUT2D eigenvalue weighted by atomic mass is 16.5. The molecular weight excluding hydrogens is 288 g/mol. The number of carbonyl (C=O) groups excluding carboxylic acids is 1. The quantitative estimate of drug-likeness (QED) is 0.801. The summed E-state index contributed by atoms with van der Waals surface area (Å²) in [6, 6.07) is 10.7. The number of morpholine rings is 1. The van der Waals surface area contributed by atoms with Crippen LogP contribution in [0.1, 0.15) is 38.7 Å². The Morgan fingerprint density at radius 1 is 1.30 bits per heavy atom. The monoisotopic (exact) mass is 318 g/mol. The van der Waals surface area contributed by atoms with Crippen LogP contribution in [-0.4, -0.2) is 49.2 Å². The molecule has 4 nitrogen and oxygen atoms in total. The van der Waals surface area contributed by atoms with Gasteiger partial charge >= 0.3 is 0 Å². The van der Waals surface area contributed by atoms with Crippen molar-refractivity contribution in [1.82, 2.24) is 10.2 Å². The molecule has 0 spiro atoms. The Morgan fingerprint density at radius 3 is 2.70 bits per heavy atom. The first-order valence-electron chi connectivity index (χ1n) is 8.93. The number of hydrogen-bond donors (Lipinski definition) is 1. The van der Waals surface area contributed by atoms with E-state index in [0.717, 1.165) is 38.8 Å².